The Morgan fingerprint density at radius 1 is 0.903 bits per heavy atom. The van der Waals surface area contributed by atoms with Crippen molar-refractivity contribution < 1.29 is 8.42 Å². The highest BCUT2D eigenvalue weighted by molar-refractivity contribution is 7.89. The van der Waals surface area contributed by atoms with Crippen LogP contribution in [0.3, 0.4) is 0 Å². The predicted molar refractivity (Wildman–Crippen MR) is 125 cm³/mol. The number of nitrogens with two attached hydrogens (primary N) is 1. The lowest BCUT2D eigenvalue weighted by atomic mass is 9.97. The first-order chi connectivity index (χ1) is 14.6. The molecule has 3 aromatic carbocycles. The molecular weight excluding hydrogens is 430 g/mol. The Balaban J connectivity index is 2.03. The molecule has 2 N–H and O–H groups in total. The Kier molecular flexibility index (Phi) is 5.47. The molecule has 0 saturated heterocycles. The Hall–Kier alpha value is -2.93. The number of aryl methyl sites for hydroxylation is 3. The van der Waals surface area contributed by atoms with Crippen molar-refractivity contribution in [2.75, 3.05) is 0 Å². The van der Waals surface area contributed by atoms with Crippen LogP contribution in [-0.4, -0.2) is 18.2 Å². The maximum Gasteiger partial charge on any atom is 0.240 e. The molecule has 31 heavy (non-hydrogen) atoms. The molecule has 4 rings (SSSR count). The van der Waals surface area contributed by atoms with Gasteiger partial charge in [0.25, 0.3) is 0 Å². The van der Waals surface area contributed by atoms with Gasteiger partial charge in [-0.15, -0.1) is 0 Å². The van der Waals surface area contributed by atoms with E-state index in [4.69, 9.17) is 21.8 Å². The van der Waals surface area contributed by atoms with Gasteiger partial charge in [-0.25, -0.2) is 18.2 Å². The number of primary sulfonamides is 1. The van der Waals surface area contributed by atoms with E-state index in [2.05, 4.69) is 32.9 Å². The third kappa shape index (κ3) is 4.14. The van der Waals surface area contributed by atoms with Crippen LogP contribution in [-0.2, 0) is 10.0 Å². The lowest BCUT2D eigenvalue weighted by Crippen LogP contribution is -2.16. The molecule has 0 bridgehead atoms. The number of hydrogen-bond acceptors (Lipinski definition) is 3. The van der Waals surface area contributed by atoms with Gasteiger partial charge < -0.3 is 0 Å². The zero-order valence-electron chi connectivity index (χ0n) is 17.4. The van der Waals surface area contributed by atoms with E-state index in [9.17, 15) is 8.42 Å². The van der Waals surface area contributed by atoms with Crippen LogP contribution in [0.15, 0.2) is 71.6 Å². The molecule has 0 atom stereocenters. The smallest absolute Gasteiger partial charge is 0.231 e. The van der Waals surface area contributed by atoms with Crippen molar-refractivity contribution in [2.45, 2.75) is 25.7 Å². The van der Waals surface area contributed by atoms with Crippen molar-refractivity contribution in [2.24, 2.45) is 5.14 Å². The van der Waals surface area contributed by atoms with Gasteiger partial charge in [0.05, 0.1) is 17.1 Å². The highest BCUT2D eigenvalue weighted by Gasteiger charge is 2.21. The number of aromatic nitrogens is 2. The summed E-state index contributed by atoms with van der Waals surface area (Å²) in [6, 6.07) is 20.1. The van der Waals surface area contributed by atoms with Crippen molar-refractivity contribution in [3.63, 3.8) is 0 Å². The van der Waals surface area contributed by atoms with Gasteiger partial charge in [-0.3, -0.25) is 0 Å². The van der Waals surface area contributed by atoms with E-state index >= 15 is 0 Å². The van der Waals surface area contributed by atoms with Crippen LogP contribution in [0.2, 0.25) is 5.02 Å². The standard InChI is InChI=1S/C24H22ClN3O2S/c1-15-12-16(2)24(17(3)13-15)20-14-22(18-8-10-19(25)11-9-18)28(27-20)21-6-4-5-7-23(21)31(26,29)30/h4-14H,1-3H3,(H2,26,29,30). The van der Waals surface area contributed by atoms with Crippen LogP contribution in [0.25, 0.3) is 28.2 Å². The molecule has 1 aromatic heterocycles. The number of rotatable bonds is 4. The van der Waals surface area contributed by atoms with Crippen LogP contribution in [0.5, 0.6) is 0 Å². The van der Waals surface area contributed by atoms with E-state index in [1.165, 1.54) is 11.6 Å². The minimum Gasteiger partial charge on any atom is -0.231 e. The van der Waals surface area contributed by atoms with E-state index < -0.39 is 10.0 Å². The second-order valence-corrected chi connectivity index (χ2v) is 9.59. The first kappa shape index (κ1) is 21.3. The van der Waals surface area contributed by atoms with Crippen molar-refractivity contribution in [3.05, 3.63) is 88.4 Å². The predicted octanol–water partition coefficient (Wildman–Crippen LogP) is 5.43. The van der Waals surface area contributed by atoms with E-state index in [0.717, 1.165) is 33.6 Å². The average Bonchev–Trinajstić information content (AvgIpc) is 3.12. The first-order valence-corrected chi connectivity index (χ1v) is 11.6. The molecule has 1 heterocycles. The second kappa shape index (κ2) is 7.96. The van der Waals surface area contributed by atoms with E-state index in [1.54, 1.807) is 35.0 Å². The summed E-state index contributed by atoms with van der Waals surface area (Å²) < 4.78 is 26.2. The molecule has 0 aliphatic rings. The van der Waals surface area contributed by atoms with Gasteiger partial charge in [0.2, 0.25) is 10.0 Å². The van der Waals surface area contributed by atoms with Gasteiger partial charge in [-0.05, 0) is 62.2 Å². The molecular formula is C24H22ClN3O2S. The summed E-state index contributed by atoms with van der Waals surface area (Å²) in [7, 11) is -3.95. The molecule has 158 valence electrons. The molecule has 0 spiro atoms. The third-order valence-corrected chi connectivity index (χ3v) is 6.39. The number of para-hydroxylation sites is 1. The number of sulfonamides is 1. The van der Waals surface area contributed by atoms with E-state index in [0.29, 0.717) is 10.7 Å². The van der Waals surface area contributed by atoms with Gasteiger partial charge >= 0.3 is 0 Å². The topological polar surface area (TPSA) is 78.0 Å². The summed E-state index contributed by atoms with van der Waals surface area (Å²) >= 11 is 6.08. The Bertz CT molecular complexity index is 1370. The van der Waals surface area contributed by atoms with Crippen molar-refractivity contribution in [3.8, 4) is 28.2 Å². The van der Waals surface area contributed by atoms with E-state index in [1.807, 2.05) is 18.2 Å². The van der Waals surface area contributed by atoms with Crippen LogP contribution < -0.4 is 5.14 Å². The van der Waals surface area contributed by atoms with Crippen molar-refractivity contribution in [1.82, 2.24) is 9.78 Å². The highest BCUT2D eigenvalue weighted by atomic mass is 35.5. The van der Waals surface area contributed by atoms with Crippen LogP contribution in [0.1, 0.15) is 16.7 Å². The lowest BCUT2D eigenvalue weighted by Gasteiger charge is -2.12. The number of halogens is 1. The van der Waals surface area contributed by atoms with Crippen LogP contribution >= 0.6 is 11.6 Å². The molecule has 7 heteroatoms. The van der Waals surface area contributed by atoms with Crippen LogP contribution in [0, 0.1) is 20.8 Å². The van der Waals surface area contributed by atoms with Crippen molar-refractivity contribution in [1.29, 1.82) is 0 Å². The molecule has 0 amide bonds. The number of benzene rings is 3. The SMILES string of the molecule is Cc1cc(C)c(-c2cc(-c3ccc(Cl)cc3)n(-c3ccccc3S(N)(=O)=O)n2)c(C)c1. The normalized spacial score (nSPS) is 11.6. The number of nitrogens with zero attached hydrogens (tertiary/aromatic N) is 2. The van der Waals surface area contributed by atoms with Crippen molar-refractivity contribution >= 4 is 21.6 Å². The molecule has 0 aliphatic heterocycles. The molecule has 4 aromatic rings. The minimum absolute atomic E-state index is 0.0113. The fourth-order valence-corrected chi connectivity index (χ4v) is 4.81. The van der Waals surface area contributed by atoms with Crippen LogP contribution in [0.4, 0.5) is 0 Å². The summed E-state index contributed by atoms with van der Waals surface area (Å²) in [4.78, 5) is 0.0113. The highest BCUT2D eigenvalue weighted by Crippen LogP contribution is 2.34. The maximum absolute atomic E-state index is 12.3. The Labute approximate surface area is 187 Å². The summed E-state index contributed by atoms with van der Waals surface area (Å²) in [5.41, 5.74) is 7.14. The maximum atomic E-state index is 12.3. The fourth-order valence-electron chi connectivity index (χ4n) is 3.97. The van der Waals surface area contributed by atoms with E-state index in [-0.39, 0.29) is 4.90 Å². The zero-order valence-corrected chi connectivity index (χ0v) is 19.0. The van der Waals surface area contributed by atoms with Gasteiger partial charge in [0.15, 0.2) is 0 Å². The molecule has 5 nitrogen and oxygen atoms in total. The summed E-state index contributed by atoms with van der Waals surface area (Å²) in [6.07, 6.45) is 0. The molecule has 0 aliphatic carbocycles. The molecule has 0 radical (unpaired) electrons. The van der Waals surface area contributed by atoms with Gasteiger partial charge in [-0.2, -0.15) is 5.10 Å². The summed E-state index contributed by atoms with van der Waals surface area (Å²) in [6.45, 7) is 6.16. The van der Waals surface area contributed by atoms with Gasteiger partial charge in [0.1, 0.15) is 4.90 Å². The quantitative estimate of drug-likeness (QED) is 0.449. The Morgan fingerprint density at radius 3 is 2.13 bits per heavy atom. The zero-order chi connectivity index (χ0) is 22.3. The summed E-state index contributed by atoms with van der Waals surface area (Å²) in [5.74, 6) is 0. The fraction of sp³-hybridized carbons (Fsp3) is 0.125. The molecule has 0 fully saturated rings. The monoisotopic (exact) mass is 451 g/mol. The average molecular weight is 452 g/mol. The second-order valence-electron chi connectivity index (χ2n) is 7.62. The summed E-state index contributed by atoms with van der Waals surface area (Å²) in [5, 5.41) is 11.0. The first-order valence-electron chi connectivity index (χ1n) is 9.71. The van der Waals surface area contributed by atoms with Gasteiger partial charge in [0, 0.05) is 16.1 Å². The minimum atomic E-state index is -3.95. The largest absolute Gasteiger partial charge is 0.240 e. The van der Waals surface area contributed by atoms with Gasteiger partial charge in [-0.1, -0.05) is 53.6 Å². The Morgan fingerprint density at radius 2 is 1.52 bits per heavy atom. The lowest BCUT2D eigenvalue weighted by molar-refractivity contribution is 0.596. The molecule has 0 unspecified atom stereocenters. The number of hydrogen-bond donors (Lipinski definition) is 1. The molecule has 0 saturated carbocycles. The third-order valence-electron chi connectivity index (χ3n) is 5.18.